The molecule has 29 heavy (non-hydrogen) atoms. The first-order valence-electron chi connectivity index (χ1n) is 10.2. The zero-order valence-electron chi connectivity index (χ0n) is 19.7. The maximum Gasteiger partial charge on any atom is 0.302 e. The van der Waals surface area contributed by atoms with E-state index in [0.717, 1.165) is 16.7 Å². The molecule has 2 atom stereocenters. The van der Waals surface area contributed by atoms with Crippen LogP contribution in [0.2, 0.25) is 0 Å². The summed E-state index contributed by atoms with van der Waals surface area (Å²) in [6.45, 7) is 18.8. The number of aromatic hydroxyl groups is 1. The molecule has 5 heteroatoms. The third-order valence-electron chi connectivity index (χ3n) is 5.17. The van der Waals surface area contributed by atoms with Crippen molar-refractivity contribution in [2.45, 2.75) is 98.7 Å². The van der Waals surface area contributed by atoms with Gasteiger partial charge in [-0.3, -0.25) is 9.59 Å². The molecule has 0 saturated heterocycles. The number of hydrogen-bond acceptors (Lipinski definition) is 5. The molecule has 164 valence electrons. The van der Waals surface area contributed by atoms with Crippen molar-refractivity contribution in [3.05, 3.63) is 28.8 Å². The van der Waals surface area contributed by atoms with Crippen molar-refractivity contribution in [3.63, 3.8) is 0 Å². The Bertz CT molecular complexity index is 680. The fraction of sp³-hybridized carbons (Fsp3) is 0.667. The molecule has 0 amide bonds. The average Bonchev–Trinajstić information content (AvgIpc) is 2.49. The van der Waals surface area contributed by atoms with E-state index in [1.807, 2.05) is 26.0 Å². The van der Waals surface area contributed by atoms with E-state index in [1.54, 1.807) is 0 Å². The van der Waals surface area contributed by atoms with Crippen molar-refractivity contribution in [3.8, 4) is 5.75 Å². The van der Waals surface area contributed by atoms with Crippen molar-refractivity contribution in [1.29, 1.82) is 0 Å². The van der Waals surface area contributed by atoms with Gasteiger partial charge in [-0.2, -0.15) is 0 Å². The summed E-state index contributed by atoms with van der Waals surface area (Å²) in [6, 6.07) is 4.02. The van der Waals surface area contributed by atoms with Crippen LogP contribution in [0.3, 0.4) is 0 Å². The lowest BCUT2D eigenvalue weighted by Crippen LogP contribution is -2.35. The highest BCUT2D eigenvalue weighted by Gasteiger charge is 2.31. The molecule has 0 aliphatic rings. The average molecular weight is 407 g/mol. The van der Waals surface area contributed by atoms with E-state index < -0.39 is 12.2 Å². The molecule has 1 rings (SSSR count). The van der Waals surface area contributed by atoms with Gasteiger partial charge in [0.15, 0.2) is 0 Å². The monoisotopic (exact) mass is 406 g/mol. The summed E-state index contributed by atoms with van der Waals surface area (Å²) in [6.07, 6.45) is -0.298. The molecule has 0 spiro atoms. The van der Waals surface area contributed by atoms with Crippen LogP contribution in [-0.4, -0.2) is 29.3 Å². The number of phenols is 1. The molecule has 0 fully saturated rings. The Morgan fingerprint density at radius 1 is 0.862 bits per heavy atom. The van der Waals surface area contributed by atoms with Crippen LogP contribution >= 0.6 is 0 Å². The fourth-order valence-electron chi connectivity index (χ4n) is 3.64. The Balaban J connectivity index is 3.47. The van der Waals surface area contributed by atoms with E-state index in [4.69, 9.17) is 9.47 Å². The molecule has 0 radical (unpaired) electrons. The molecule has 0 bridgehead atoms. The number of carbonyl (C=O) groups is 2. The van der Waals surface area contributed by atoms with Crippen LogP contribution in [0.4, 0.5) is 0 Å². The maximum absolute atomic E-state index is 11.5. The van der Waals surface area contributed by atoms with Crippen molar-refractivity contribution in [2.24, 2.45) is 5.92 Å². The Hall–Kier alpha value is -2.04. The van der Waals surface area contributed by atoms with Gasteiger partial charge in [-0.1, -0.05) is 53.7 Å². The third kappa shape index (κ3) is 7.06. The first-order chi connectivity index (χ1) is 13.0. The minimum absolute atomic E-state index is 0.215. The van der Waals surface area contributed by atoms with Gasteiger partial charge >= 0.3 is 11.9 Å². The van der Waals surface area contributed by atoms with Crippen molar-refractivity contribution >= 4 is 11.9 Å². The number of carbonyl (C=O) groups excluding carboxylic acids is 2. The number of rotatable bonds is 6. The van der Waals surface area contributed by atoms with Crippen molar-refractivity contribution < 1.29 is 24.2 Å². The molecule has 0 aliphatic carbocycles. The molecular weight excluding hydrogens is 368 g/mol. The summed E-state index contributed by atoms with van der Waals surface area (Å²) < 4.78 is 10.9. The highest BCUT2D eigenvalue weighted by atomic mass is 16.6. The lowest BCUT2D eigenvalue weighted by molar-refractivity contribution is -0.156. The van der Waals surface area contributed by atoms with Crippen LogP contribution in [0.1, 0.15) is 85.9 Å². The van der Waals surface area contributed by atoms with Crippen LogP contribution in [0, 0.1) is 5.92 Å². The van der Waals surface area contributed by atoms with Gasteiger partial charge in [-0.25, -0.2) is 0 Å². The van der Waals surface area contributed by atoms with E-state index in [9.17, 15) is 14.7 Å². The minimum Gasteiger partial charge on any atom is -0.507 e. The Morgan fingerprint density at radius 2 is 1.21 bits per heavy atom. The second kappa shape index (κ2) is 9.19. The van der Waals surface area contributed by atoms with E-state index in [-0.39, 0.29) is 28.7 Å². The number of ether oxygens (including phenoxy) is 2. The molecule has 0 saturated carbocycles. The Kier molecular flexibility index (Phi) is 7.92. The summed E-state index contributed by atoms with van der Waals surface area (Å²) in [5.74, 6) is -0.623. The van der Waals surface area contributed by atoms with Crippen LogP contribution in [-0.2, 0) is 36.3 Å². The largest absolute Gasteiger partial charge is 0.507 e. The predicted octanol–water partition coefficient (Wildman–Crippen LogP) is 5.05. The fourth-order valence-corrected chi connectivity index (χ4v) is 3.64. The van der Waals surface area contributed by atoms with E-state index in [1.165, 1.54) is 13.8 Å². The molecular formula is C24H38O5. The quantitative estimate of drug-likeness (QED) is 0.669. The zero-order chi connectivity index (χ0) is 22.7. The molecule has 0 heterocycles. The summed E-state index contributed by atoms with van der Waals surface area (Å²) in [4.78, 5) is 23.0. The van der Waals surface area contributed by atoms with Crippen LogP contribution in [0.25, 0.3) is 0 Å². The zero-order valence-corrected chi connectivity index (χ0v) is 19.7. The smallest absolute Gasteiger partial charge is 0.302 e. The number of benzene rings is 1. The summed E-state index contributed by atoms with van der Waals surface area (Å²) in [5.41, 5.74) is 2.29. The molecule has 0 aromatic heterocycles. The normalized spacial score (nSPS) is 15.4. The van der Waals surface area contributed by atoms with E-state index in [0.29, 0.717) is 12.2 Å². The molecule has 1 aromatic carbocycles. The molecule has 1 N–H and O–H groups in total. The summed E-state index contributed by atoms with van der Waals surface area (Å²) >= 11 is 0. The number of phenolic OH excluding ortho intramolecular Hbond substituents is 1. The van der Waals surface area contributed by atoms with Crippen LogP contribution in [0.15, 0.2) is 12.1 Å². The van der Waals surface area contributed by atoms with Crippen LogP contribution < -0.4 is 0 Å². The summed E-state index contributed by atoms with van der Waals surface area (Å²) in [7, 11) is 0. The van der Waals surface area contributed by atoms with Gasteiger partial charge < -0.3 is 14.6 Å². The second-order valence-corrected chi connectivity index (χ2v) is 10.0. The van der Waals surface area contributed by atoms with Crippen LogP contribution in [0.5, 0.6) is 5.75 Å². The predicted molar refractivity (Wildman–Crippen MR) is 115 cm³/mol. The lowest BCUT2D eigenvalue weighted by Gasteiger charge is -2.31. The molecule has 5 nitrogen and oxygen atoms in total. The first kappa shape index (κ1) is 25.0. The van der Waals surface area contributed by atoms with Crippen molar-refractivity contribution in [1.82, 2.24) is 0 Å². The standard InChI is InChI=1S/C24H38O5/c1-14(28-16(3)25)19(15(2)29-17(4)26)11-18-12-20(23(5,6)7)22(27)21(13-18)24(8,9)10/h12-15,19,27H,11H2,1-10H3. The first-order valence-corrected chi connectivity index (χ1v) is 10.2. The van der Waals surface area contributed by atoms with Gasteiger partial charge in [0.1, 0.15) is 18.0 Å². The van der Waals surface area contributed by atoms with E-state index >= 15 is 0 Å². The topological polar surface area (TPSA) is 72.8 Å². The highest BCUT2D eigenvalue weighted by Crippen LogP contribution is 2.40. The Morgan fingerprint density at radius 3 is 1.48 bits per heavy atom. The van der Waals surface area contributed by atoms with Crippen molar-refractivity contribution in [2.75, 3.05) is 0 Å². The highest BCUT2D eigenvalue weighted by molar-refractivity contribution is 5.66. The van der Waals surface area contributed by atoms with E-state index in [2.05, 4.69) is 41.5 Å². The molecule has 0 aliphatic heterocycles. The summed E-state index contributed by atoms with van der Waals surface area (Å²) in [5, 5.41) is 10.9. The molecule has 2 unspecified atom stereocenters. The Labute approximate surface area is 175 Å². The SMILES string of the molecule is CC(=O)OC(C)C(Cc1cc(C(C)(C)C)c(O)c(C(C)(C)C)c1)C(C)OC(C)=O. The lowest BCUT2D eigenvalue weighted by atomic mass is 9.77. The second-order valence-electron chi connectivity index (χ2n) is 10.0. The van der Waals surface area contributed by atoms with Gasteiger partial charge in [0, 0.05) is 19.8 Å². The van der Waals surface area contributed by atoms with Gasteiger partial charge in [0.2, 0.25) is 0 Å². The minimum atomic E-state index is -0.424. The molecule has 1 aromatic rings. The van der Waals surface area contributed by atoms with Gasteiger partial charge in [-0.05, 0) is 47.8 Å². The van der Waals surface area contributed by atoms with Gasteiger partial charge in [0.25, 0.3) is 0 Å². The third-order valence-corrected chi connectivity index (χ3v) is 5.17. The maximum atomic E-state index is 11.5. The number of esters is 2. The number of hydrogen-bond donors (Lipinski definition) is 1. The van der Waals surface area contributed by atoms with Gasteiger partial charge in [-0.15, -0.1) is 0 Å². The van der Waals surface area contributed by atoms with Gasteiger partial charge in [0.05, 0.1) is 0 Å².